The van der Waals surface area contributed by atoms with Crippen molar-refractivity contribution in [2.45, 2.75) is 31.7 Å². The zero-order valence-corrected chi connectivity index (χ0v) is 19.1. The number of Topliss-reactive ketones (excluding diaryl/α,β-unsaturated/α-hetero) is 1. The number of halogens is 4. The average Bonchev–Trinajstić information content (AvgIpc) is 3.03. The second-order valence-electron chi connectivity index (χ2n) is 7.13. The summed E-state index contributed by atoms with van der Waals surface area (Å²) in [5.41, 5.74) is -0.0616. The lowest BCUT2D eigenvalue weighted by molar-refractivity contribution is -0.137. The van der Waals surface area contributed by atoms with Crippen molar-refractivity contribution in [2.75, 3.05) is 11.9 Å². The van der Waals surface area contributed by atoms with Crippen molar-refractivity contribution in [3.63, 3.8) is 0 Å². The first-order valence-corrected chi connectivity index (χ1v) is 11.1. The summed E-state index contributed by atoms with van der Waals surface area (Å²) in [6.45, 7) is 3.54. The molecule has 1 aliphatic heterocycles. The highest BCUT2D eigenvalue weighted by Gasteiger charge is 2.38. The third kappa shape index (κ3) is 5.94. The van der Waals surface area contributed by atoms with Gasteiger partial charge in [0.05, 0.1) is 22.0 Å². The lowest BCUT2D eigenvalue weighted by atomic mass is 10.1. The Balaban J connectivity index is 1.73. The fourth-order valence-electron chi connectivity index (χ4n) is 3.06. The third-order valence-electron chi connectivity index (χ3n) is 4.77. The van der Waals surface area contributed by atoms with E-state index in [1.165, 1.54) is 11.8 Å². The van der Waals surface area contributed by atoms with Crippen LogP contribution in [0.15, 0.2) is 47.5 Å². The first kappa shape index (κ1) is 24.8. The van der Waals surface area contributed by atoms with Crippen LogP contribution in [0.2, 0.25) is 5.02 Å². The molecule has 1 unspecified atom stereocenters. The van der Waals surface area contributed by atoms with Gasteiger partial charge in [-0.25, -0.2) is 4.99 Å². The van der Waals surface area contributed by atoms with Crippen LogP contribution in [0.25, 0.3) is 0 Å². The summed E-state index contributed by atoms with van der Waals surface area (Å²) < 4.78 is 38.8. The van der Waals surface area contributed by atoms with Crippen molar-refractivity contribution < 1.29 is 27.6 Å². The van der Waals surface area contributed by atoms with Gasteiger partial charge in [0, 0.05) is 18.5 Å². The summed E-state index contributed by atoms with van der Waals surface area (Å²) in [5.74, 6) is -1.06. The topological polar surface area (TPSA) is 78.8 Å². The maximum Gasteiger partial charge on any atom is 0.416 e. The fourth-order valence-corrected chi connectivity index (χ4v) is 4.45. The molecule has 11 heteroatoms. The third-order valence-corrected chi connectivity index (χ3v) is 6.28. The molecule has 33 heavy (non-hydrogen) atoms. The molecule has 0 bridgehead atoms. The Kier molecular flexibility index (Phi) is 7.48. The monoisotopic (exact) mass is 497 g/mol. The highest BCUT2D eigenvalue weighted by molar-refractivity contribution is 8.15. The number of nitrogens with one attached hydrogen (secondary N) is 1. The number of rotatable bonds is 6. The average molecular weight is 498 g/mol. The molecule has 1 atom stereocenters. The Morgan fingerprint density at radius 3 is 2.42 bits per heavy atom. The molecular formula is C22H19ClF3N3O3S. The first-order chi connectivity index (χ1) is 15.5. The van der Waals surface area contributed by atoms with E-state index in [2.05, 4.69) is 10.3 Å². The van der Waals surface area contributed by atoms with Crippen LogP contribution in [0.3, 0.4) is 0 Å². The van der Waals surface area contributed by atoms with Gasteiger partial charge in [0.2, 0.25) is 11.8 Å². The molecule has 2 amide bonds. The summed E-state index contributed by atoms with van der Waals surface area (Å²) in [7, 11) is 0. The van der Waals surface area contributed by atoms with Gasteiger partial charge in [-0.3, -0.25) is 19.3 Å². The number of hydrogen-bond donors (Lipinski definition) is 1. The Bertz CT molecular complexity index is 1120. The molecule has 0 spiro atoms. The van der Waals surface area contributed by atoms with Crippen molar-refractivity contribution in [3.05, 3.63) is 58.6 Å². The largest absolute Gasteiger partial charge is 0.416 e. The number of benzene rings is 2. The minimum Gasteiger partial charge on any atom is -0.325 e. The highest BCUT2D eigenvalue weighted by Crippen LogP contribution is 2.35. The van der Waals surface area contributed by atoms with Crippen LogP contribution in [0.1, 0.15) is 36.2 Å². The molecule has 1 fully saturated rings. The van der Waals surface area contributed by atoms with Gasteiger partial charge in [-0.15, -0.1) is 0 Å². The van der Waals surface area contributed by atoms with Gasteiger partial charge in [0.15, 0.2) is 11.0 Å². The van der Waals surface area contributed by atoms with Crippen molar-refractivity contribution in [1.82, 2.24) is 4.90 Å². The van der Waals surface area contributed by atoms with E-state index in [0.29, 0.717) is 23.0 Å². The van der Waals surface area contributed by atoms with E-state index in [9.17, 15) is 27.6 Å². The number of carbonyl (C=O) groups excluding carboxylic acids is 3. The van der Waals surface area contributed by atoms with Crippen molar-refractivity contribution >= 4 is 57.5 Å². The maximum atomic E-state index is 12.9. The molecule has 1 aliphatic rings. The minimum absolute atomic E-state index is 0.0480. The number of thioether (sulfide) groups is 1. The highest BCUT2D eigenvalue weighted by atomic mass is 35.5. The zero-order chi connectivity index (χ0) is 24.3. The number of alkyl halides is 3. The van der Waals surface area contributed by atoms with Gasteiger partial charge in [-0.05, 0) is 56.3 Å². The van der Waals surface area contributed by atoms with Gasteiger partial charge < -0.3 is 5.32 Å². The fraction of sp³-hybridized carbons (Fsp3) is 0.273. The Morgan fingerprint density at radius 1 is 1.18 bits per heavy atom. The second-order valence-corrected chi connectivity index (χ2v) is 8.71. The Hall–Kier alpha value is -2.85. The van der Waals surface area contributed by atoms with E-state index in [0.717, 1.165) is 30.0 Å². The molecule has 1 saturated heterocycles. The van der Waals surface area contributed by atoms with E-state index < -0.39 is 22.9 Å². The minimum atomic E-state index is -4.59. The quantitative estimate of drug-likeness (QED) is 0.531. The molecule has 2 aromatic carbocycles. The number of carbonyl (C=O) groups is 3. The lowest BCUT2D eigenvalue weighted by Gasteiger charge is -2.14. The molecule has 0 aliphatic carbocycles. The summed E-state index contributed by atoms with van der Waals surface area (Å²) in [6, 6.07) is 9.18. The van der Waals surface area contributed by atoms with Crippen LogP contribution in [0.5, 0.6) is 0 Å². The molecule has 1 heterocycles. The number of aliphatic imine (C=N–C) groups is 1. The van der Waals surface area contributed by atoms with Gasteiger partial charge in [0.25, 0.3) is 0 Å². The number of hydrogen-bond acceptors (Lipinski definition) is 5. The zero-order valence-electron chi connectivity index (χ0n) is 17.6. The van der Waals surface area contributed by atoms with E-state index in [-0.39, 0.29) is 28.8 Å². The first-order valence-electron chi connectivity index (χ1n) is 9.84. The predicted octanol–water partition coefficient (Wildman–Crippen LogP) is 5.54. The SMILES string of the molecule is CCN1C(=O)C(CC(=O)Nc2cc(C(F)(F)F)ccc2Cl)SC1=Nc1ccc(C(C)=O)cc1. The maximum absolute atomic E-state index is 12.9. The van der Waals surface area contributed by atoms with E-state index in [1.807, 2.05) is 0 Å². The van der Waals surface area contributed by atoms with Crippen molar-refractivity contribution in [1.29, 1.82) is 0 Å². The van der Waals surface area contributed by atoms with E-state index >= 15 is 0 Å². The lowest BCUT2D eigenvalue weighted by Crippen LogP contribution is -2.33. The van der Waals surface area contributed by atoms with Crippen LogP contribution >= 0.6 is 23.4 Å². The van der Waals surface area contributed by atoms with Gasteiger partial charge >= 0.3 is 6.18 Å². The standard InChI is InChI=1S/C22H19ClF3N3O3S/c1-3-29-20(32)18(33-21(29)27-15-7-4-13(5-8-15)12(2)30)11-19(31)28-17-10-14(22(24,25)26)6-9-16(17)23/h4-10,18H,3,11H2,1-2H3,(H,28,31). The number of amides is 2. The van der Waals surface area contributed by atoms with Gasteiger partial charge in [-0.1, -0.05) is 23.4 Å². The van der Waals surface area contributed by atoms with Gasteiger partial charge in [0.1, 0.15) is 5.25 Å². The molecule has 0 aromatic heterocycles. The van der Waals surface area contributed by atoms with Crippen molar-refractivity contribution in [2.24, 2.45) is 4.99 Å². The van der Waals surface area contributed by atoms with Crippen LogP contribution in [-0.4, -0.2) is 39.5 Å². The van der Waals surface area contributed by atoms with Crippen LogP contribution in [0, 0.1) is 0 Å². The van der Waals surface area contributed by atoms with Crippen molar-refractivity contribution in [3.8, 4) is 0 Å². The van der Waals surface area contributed by atoms with Crippen LogP contribution in [-0.2, 0) is 15.8 Å². The molecule has 2 aromatic rings. The summed E-state index contributed by atoms with van der Waals surface area (Å²) in [5, 5.41) is 1.92. The summed E-state index contributed by atoms with van der Waals surface area (Å²) in [6.07, 6.45) is -4.86. The Labute approximate surface area is 197 Å². The van der Waals surface area contributed by atoms with E-state index in [4.69, 9.17) is 11.6 Å². The number of nitrogens with zero attached hydrogens (tertiary/aromatic N) is 2. The van der Waals surface area contributed by atoms with E-state index in [1.54, 1.807) is 31.2 Å². The second kappa shape index (κ2) is 9.96. The normalized spacial score (nSPS) is 17.5. The smallest absolute Gasteiger partial charge is 0.325 e. The van der Waals surface area contributed by atoms with Crippen LogP contribution < -0.4 is 5.32 Å². The summed E-state index contributed by atoms with van der Waals surface area (Å²) >= 11 is 7.02. The van der Waals surface area contributed by atoms with Gasteiger partial charge in [-0.2, -0.15) is 13.2 Å². The molecular weight excluding hydrogens is 479 g/mol. The predicted molar refractivity (Wildman–Crippen MR) is 122 cm³/mol. The summed E-state index contributed by atoms with van der Waals surface area (Å²) in [4.78, 5) is 42.5. The molecule has 3 rings (SSSR count). The number of amidine groups is 1. The molecule has 0 saturated carbocycles. The molecule has 174 valence electrons. The number of ketones is 1. The molecule has 0 radical (unpaired) electrons. The molecule has 1 N–H and O–H groups in total. The van der Waals surface area contributed by atoms with Crippen LogP contribution in [0.4, 0.5) is 24.5 Å². The number of anilines is 1. The molecule has 6 nitrogen and oxygen atoms in total. The Morgan fingerprint density at radius 2 is 1.85 bits per heavy atom.